The minimum absolute atomic E-state index is 0.0637. The normalized spacial score (nSPS) is 16.0. The molecule has 5 rings (SSSR count). The molecule has 9 heteroatoms. The first kappa shape index (κ1) is 20.0. The number of urea groups is 1. The number of pyridine rings is 2. The van der Waals surface area contributed by atoms with E-state index in [-0.39, 0.29) is 12.2 Å². The molecule has 1 fully saturated rings. The molecule has 0 spiro atoms. The van der Waals surface area contributed by atoms with E-state index in [4.69, 9.17) is 0 Å². The van der Waals surface area contributed by atoms with Crippen LogP contribution in [-0.4, -0.2) is 49.9 Å². The molecule has 7 nitrogen and oxygen atoms in total. The fraction of sp³-hybridized carbons (Fsp3) is 0.217. The molecular formula is C23H20F2N6O. The van der Waals surface area contributed by atoms with E-state index >= 15 is 0 Å². The molecule has 1 unspecified atom stereocenters. The van der Waals surface area contributed by atoms with Gasteiger partial charge in [0.25, 0.3) is 0 Å². The highest BCUT2D eigenvalue weighted by molar-refractivity contribution is 5.90. The number of alkyl halides is 1. The van der Waals surface area contributed by atoms with Crippen LogP contribution in [0.5, 0.6) is 0 Å². The molecule has 1 atom stereocenters. The minimum Gasteiger partial charge on any atom is -0.322 e. The van der Waals surface area contributed by atoms with Crippen molar-refractivity contribution in [1.29, 1.82) is 0 Å². The summed E-state index contributed by atoms with van der Waals surface area (Å²) in [6, 6.07) is 9.55. The molecule has 0 saturated carbocycles. The van der Waals surface area contributed by atoms with Gasteiger partial charge in [0.1, 0.15) is 17.7 Å². The quantitative estimate of drug-likeness (QED) is 0.515. The molecule has 0 aliphatic carbocycles. The number of nitrogens with zero attached hydrogens (tertiary/aromatic N) is 5. The first-order valence-electron chi connectivity index (χ1n) is 10.3. The second-order valence-corrected chi connectivity index (χ2v) is 7.81. The zero-order valence-electron chi connectivity index (χ0n) is 17.3. The first-order valence-corrected chi connectivity index (χ1v) is 10.3. The summed E-state index contributed by atoms with van der Waals surface area (Å²) in [5, 5.41) is 7.81. The smallest absolute Gasteiger partial charge is 0.321 e. The highest BCUT2D eigenvalue weighted by atomic mass is 19.1. The number of carbonyl (C=O) groups is 1. The first-order chi connectivity index (χ1) is 15.5. The van der Waals surface area contributed by atoms with Crippen molar-refractivity contribution in [1.82, 2.24) is 24.6 Å². The zero-order chi connectivity index (χ0) is 22.2. The van der Waals surface area contributed by atoms with Crippen LogP contribution in [-0.2, 0) is 0 Å². The van der Waals surface area contributed by atoms with Gasteiger partial charge in [-0.05, 0) is 49.2 Å². The van der Waals surface area contributed by atoms with E-state index in [9.17, 15) is 13.6 Å². The summed E-state index contributed by atoms with van der Waals surface area (Å²) >= 11 is 0. The van der Waals surface area contributed by atoms with Crippen molar-refractivity contribution < 1.29 is 13.6 Å². The van der Waals surface area contributed by atoms with Crippen molar-refractivity contribution in [3.63, 3.8) is 0 Å². The molecule has 1 aliphatic heterocycles. The van der Waals surface area contributed by atoms with Gasteiger partial charge in [0.2, 0.25) is 0 Å². The van der Waals surface area contributed by atoms with E-state index in [2.05, 4.69) is 20.4 Å². The number of nitrogens with one attached hydrogen (secondary N) is 1. The number of aryl methyl sites for hydroxylation is 1. The van der Waals surface area contributed by atoms with Crippen LogP contribution in [0, 0.1) is 12.7 Å². The van der Waals surface area contributed by atoms with Crippen LogP contribution in [0.2, 0.25) is 0 Å². The van der Waals surface area contributed by atoms with E-state index in [1.807, 2.05) is 25.1 Å². The fourth-order valence-electron chi connectivity index (χ4n) is 3.83. The average molecular weight is 434 g/mol. The molecule has 1 aromatic carbocycles. The number of carbonyl (C=O) groups excluding carboxylic acids is 1. The molecule has 162 valence electrons. The van der Waals surface area contributed by atoms with E-state index in [0.29, 0.717) is 24.3 Å². The van der Waals surface area contributed by atoms with Gasteiger partial charge in [0.05, 0.1) is 12.2 Å². The Kier molecular flexibility index (Phi) is 5.01. The van der Waals surface area contributed by atoms with Crippen LogP contribution in [0.15, 0.2) is 55.0 Å². The number of benzene rings is 1. The van der Waals surface area contributed by atoms with Gasteiger partial charge >= 0.3 is 6.03 Å². The van der Waals surface area contributed by atoms with Crippen molar-refractivity contribution >= 4 is 22.8 Å². The highest BCUT2D eigenvalue weighted by Crippen LogP contribution is 2.25. The maximum atomic E-state index is 14.6. The molecule has 1 saturated heterocycles. The third-order valence-corrected chi connectivity index (χ3v) is 5.50. The molecule has 2 amide bonds. The number of hydrogen-bond donors (Lipinski definition) is 1. The Balaban J connectivity index is 1.45. The van der Waals surface area contributed by atoms with Crippen molar-refractivity contribution in [2.75, 3.05) is 18.4 Å². The summed E-state index contributed by atoms with van der Waals surface area (Å²) in [5.41, 5.74) is 3.71. The molecule has 4 heterocycles. The van der Waals surface area contributed by atoms with Gasteiger partial charge in [0, 0.05) is 41.8 Å². The van der Waals surface area contributed by atoms with Gasteiger partial charge in [-0.3, -0.25) is 4.98 Å². The van der Waals surface area contributed by atoms with Crippen molar-refractivity contribution in [3.8, 4) is 16.9 Å². The van der Waals surface area contributed by atoms with Crippen molar-refractivity contribution in [2.45, 2.75) is 19.5 Å². The highest BCUT2D eigenvalue weighted by Gasteiger charge is 2.26. The Morgan fingerprint density at radius 2 is 2.09 bits per heavy atom. The Morgan fingerprint density at radius 3 is 2.88 bits per heavy atom. The Morgan fingerprint density at radius 1 is 1.22 bits per heavy atom. The van der Waals surface area contributed by atoms with Crippen LogP contribution in [0.25, 0.3) is 28.0 Å². The third kappa shape index (κ3) is 3.77. The lowest BCUT2D eigenvalue weighted by molar-refractivity contribution is 0.218. The molecular weight excluding hydrogens is 414 g/mol. The van der Waals surface area contributed by atoms with E-state index < -0.39 is 18.0 Å². The summed E-state index contributed by atoms with van der Waals surface area (Å²) in [4.78, 5) is 22.6. The monoisotopic (exact) mass is 434 g/mol. The van der Waals surface area contributed by atoms with Gasteiger partial charge in [-0.25, -0.2) is 23.2 Å². The van der Waals surface area contributed by atoms with Gasteiger partial charge in [-0.15, -0.1) is 5.10 Å². The van der Waals surface area contributed by atoms with E-state index in [1.54, 1.807) is 18.6 Å². The topological polar surface area (TPSA) is 75.9 Å². The Labute approximate surface area is 182 Å². The average Bonchev–Trinajstić information content (AvgIpc) is 3.41. The maximum Gasteiger partial charge on any atom is 0.321 e. The van der Waals surface area contributed by atoms with Crippen LogP contribution >= 0.6 is 0 Å². The number of halogens is 2. The van der Waals surface area contributed by atoms with Gasteiger partial charge in [0.15, 0.2) is 5.65 Å². The summed E-state index contributed by atoms with van der Waals surface area (Å²) in [6.45, 7) is 2.39. The van der Waals surface area contributed by atoms with Crippen LogP contribution in [0.1, 0.15) is 12.0 Å². The molecule has 3 aromatic heterocycles. The largest absolute Gasteiger partial charge is 0.322 e. The molecule has 4 aromatic rings. The van der Waals surface area contributed by atoms with Crippen molar-refractivity contribution in [3.05, 3.63) is 66.4 Å². The molecule has 1 aliphatic rings. The van der Waals surface area contributed by atoms with Crippen LogP contribution in [0.4, 0.5) is 19.3 Å². The lowest BCUT2D eigenvalue weighted by Crippen LogP contribution is -2.33. The Bertz CT molecular complexity index is 1320. The summed E-state index contributed by atoms with van der Waals surface area (Å²) in [6.07, 6.45) is 4.42. The molecule has 0 radical (unpaired) electrons. The number of anilines is 1. The summed E-state index contributed by atoms with van der Waals surface area (Å²) in [7, 11) is 0. The second kappa shape index (κ2) is 7.99. The standard InChI is InChI=1S/C23H20F2N6O/c1-14-3-2-7-26-21(14)15-9-16-12-31(29-22(16)27-11-15)20-10-18(4-5-19(20)25)28-23(32)30-8-6-17(24)13-30/h2-5,7,9-12,17H,6,8,13H2,1H3,(H,28,32). The van der Waals surface area contributed by atoms with Gasteiger partial charge < -0.3 is 10.2 Å². The number of likely N-dealkylation sites (tertiary alicyclic amines) is 1. The minimum atomic E-state index is -1.01. The Hall–Kier alpha value is -3.88. The predicted molar refractivity (Wildman–Crippen MR) is 117 cm³/mol. The summed E-state index contributed by atoms with van der Waals surface area (Å²) < 4.78 is 29.4. The van der Waals surface area contributed by atoms with E-state index in [0.717, 1.165) is 22.2 Å². The van der Waals surface area contributed by atoms with Crippen molar-refractivity contribution in [2.24, 2.45) is 0 Å². The number of fused-ring (bicyclic) bond motifs is 1. The van der Waals surface area contributed by atoms with Crippen LogP contribution in [0.3, 0.4) is 0 Å². The lowest BCUT2D eigenvalue weighted by Gasteiger charge is -2.16. The van der Waals surface area contributed by atoms with Gasteiger partial charge in [-0.1, -0.05) is 6.07 Å². The van der Waals surface area contributed by atoms with E-state index in [1.165, 1.54) is 27.8 Å². The number of amides is 2. The lowest BCUT2D eigenvalue weighted by atomic mass is 10.1. The molecule has 0 bridgehead atoms. The number of rotatable bonds is 3. The predicted octanol–water partition coefficient (Wildman–Crippen LogP) is 4.51. The third-order valence-electron chi connectivity index (χ3n) is 5.50. The SMILES string of the molecule is Cc1cccnc1-c1cnc2nn(-c3cc(NC(=O)N4CCC(F)C4)ccc3F)cc2c1. The second-order valence-electron chi connectivity index (χ2n) is 7.81. The molecule has 1 N–H and O–H groups in total. The zero-order valence-corrected chi connectivity index (χ0v) is 17.3. The number of aromatic nitrogens is 4. The number of hydrogen-bond acceptors (Lipinski definition) is 4. The summed E-state index contributed by atoms with van der Waals surface area (Å²) in [5.74, 6) is -0.499. The van der Waals surface area contributed by atoms with Gasteiger partial charge in [-0.2, -0.15) is 0 Å². The van der Waals surface area contributed by atoms with Crippen LogP contribution < -0.4 is 5.32 Å². The fourth-order valence-corrected chi connectivity index (χ4v) is 3.83. The molecule has 32 heavy (non-hydrogen) atoms. The maximum absolute atomic E-state index is 14.6.